The Morgan fingerprint density at radius 3 is 2.36 bits per heavy atom. The van der Waals surface area contributed by atoms with E-state index in [-0.39, 0.29) is 4.81 Å². The van der Waals surface area contributed by atoms with Crippen molar-refractivity contribution in [2.75, 3.05) is 28.3 Å². The summed E-state index contributed by atoms with van der Waals surface area (Å²) < 4.78 is 0. The lowest BCUT2D eigenvalue weighted by atomic mass is 11.2. The Bertz CT molecular complexity index is 111. The third kappa shape index (κ3) is 4.22. The van der Waals surface area contributed by atoms with E-state index >= 15 is 0 Å². The average Bonchev–Trinajstić information content (AvgIpc) is 1.87. The highest BCUT2D eigenvalue weighted by atomic mass is 16.7. The van der Waals surface area contributed by atoms with E-state index in [1.54, 1.807) is 14.1 Å². The minimum Gasteiger partial charge on any atom is -0.768 e. The zero-order valence-electron chi connectivity index (χ0n) is 7.21. The van der Waals surface area contributed by atoms with E-state index in [1.807, 2.05) is 0 Å². The molecular weight excluding hydrogens is 150 g/mol. The van der Waals surface area contributed by atoms with Crippen LogP contribution >= 0.6 is 0 Å². The molecule has 1 unspecified atom stereocenters. The zero-order valence-corrected chi connectivity index (χ0v) is 7.21. The molecule has 11 heavy (non-hydrogen) atoms. The van der Waals surface area contributed by atoms with Crippen LogP contribution in [-0.4, -0.2) is 38.2 Å². The van der Waals surface area contributed by atoms with Crippen molar-refractivity contribution in [1.82, 2.24) is 21.7 Å². The number of hydrogen-bond acceptors (Lipinski definition) is 6. The summed E-state index contributed by atoms with van der Waals surface area (Å²) in [7, 11) is 6.13. The summed E-state index contributed by atoms with van der Waals surface area (Å²) in [5.41, 5.74) is 7.75. The highest BCUT2D eigenvalue weighted by molar-refractivity contribution is 4.26. The third-order valence-corrected chi connectivity index (χ3v) is 1.06. The molecule has 7 heteroatoms. The Balaban J connectivity index is 3.87. The molecule has 0 bridgehead atoms. The molecule has 0 aromatic rings. The first-order valence-electron chi connectivity index (χ1n) is 3.08. The van der Waals surface area contributed by atoms with Gasteiger partial charge < -0.3 is 5.21 Å². The molecule has 0 radical (unpaired) electrons. The number of hydrazine groups is 1. The Morgan fingerprint density at radius 2 is 2.09 bits per heavy atom. The van der Waals surface area contributed by atoms with Crippen LogP contribution in [0.5, 0.6) is 0 Å². The van der Waals surface area contributed by atoms with Gasteiger partial charge in [-0.25, -0.2) is 0 Å². The first kappa shape index (κ1) is 10.7. The fourth-order valence-electron chi connectivity index (χ4n) is 0.580. The lowest BCUT2D eigenvalue weighted by Crippen LogP contribution is -2.71. The summed E-state index contributed by atoms with van der Waals surface area (Å²) in [4.78, 5) is 4.52. The number of nitrogens with one attached hydrogen (secondary N) is 3. The molecule has 0 saturated carbocycles. The van der Waals surface area contributed by atoms with E-state index < -0.39 is 0 Å². The Morgan fingerprint density at radius 1 is 1.55 bits per heavy atom. The van der Waals surface area contributed by atoms with Crippen LogP contribution in [0, 0.1) is 5.21 Å². The molecule has 0 aromatic heterocycles. The van der Waals surface area contributed by atoms with Gasteiger partial charge in [0.05, 0.1) is 7.11 Å². The number of hydrogen-bond donors (Lipinski definition) is 3. The van der Waals surface area contributed by atoms with Crippen LogP contribution in [0.4, 0.5) is 0 Å². The van der Waals surface area contributed by atoms with E-state index in [0.717, 1.165) is 0 Å². The van der Waals surface area contributed by atoms with Crippen molar-refractivity contribution >= 4 is 0 Å². The van der Waals surface area contributed by atoms with E-state index in [1.165, 1.54) is 14.2 Å². The average molecular weight is 165 g/mol. The molecule has 3 N–H and O–H groups in total. The van der Waals surface area contributed by atoms with Crippen molar-refractivity contribution in [2.24, 2.45) is 0 Å². The van der Waals surface area contributed by atoms with Gasteiger partial charge in [0.2, 0.25) is 0 Å². The predicted molar refractivity (Wildman–Crippen MR) is 39.7 cm³/mol. The van der Waals surface area contributed by atoms with Crippen molar-refractivity contribution in [3.05, 3.63) is 5.21 Å². The first-order chi connectivity index (χ1) is 5.04. The molecule has 0 amide bonds. The van der Waals surface area contributed by atoms with Gasteiger partial charge in [0.15, 0.2) is 0 Å². The molecule has 1 atom stereocenters. The number of nitrogens with zero attached hydrogens (tertiary/aromatic N) is 2. The lowest BCUT2D eigenvalue weighted by molar-refractivity contribution is -1.06. The summed E-state index contributed by atoms with van der Waals surface area (Å²) in [6.07, 6.45) is 0. The van der Waals surface area contributed by atoms with Crippen molar-refractivity contribution in [2.45, 2.75) is 0 Å². The second-order valence-electron chi connectivity index (χ2n) is 2.12. The maximum Gasteiger partial charge on any atom is 0.128 e. The number of rotatable bonds is 5. The number of quaternary nitrogens is 1. The van der Waals surface area contributed by atoms with Crippen LogP contribution < -0.4 is 16.5 Å². The predicted octanol–water partition coefficient (Wildman–Crippen LogP) is -1.52. The molecule has 0 aliphatic carbocycles. The van der Waals surface area contributed by atoms with Crippen molar-refractivity contribution in [1.29, 1.82) is 0 Å². The minimum atomic E-state index is -0.115. The lowest BCUT2D eigenvalue weighted by Gasteiger charge is -2.35. The number of hydroxylamine groups is 1. The van der Waals surface area contributed by atoms with Crippen LogP contribution in [0.1, 0.15) is 0 Å². The van der Waals surface area contributed by atoms with Crippen LogP contribution in [0.15, 0.2) is 0 Å². The van der Waals surface area contributed by atoms with Crippen LogP contribution in [0.3, 0.4) is 0 Å². The normalized spacial score (nSPS) is 16.9. The van der Waals surface area contributed by atoms with Crippen molar-refractivity contribution in [3.63, 3.8) is 0 Å². The SMILES string of the molecule is CN[N+](C)(NOC)NN(C)[O-]. The van der Waals surface area contributed by atoms with Crippen molar-refractivity contribution in [3.8, 4) is 0 Å². The minimum absolute atomic E-state index is 0.115. The first-order valence-corrected chi connectivity index (χ1v) is 3.08. The molecule has 7 nitrogen and oxygen atoms in total. The summed E-state index contributed by atoms with van der Waals surface area (Å²) in [6.45, 7) is 0. The van der Waals surface area contributed by atoms with Crippen LogP contribution in [0.2, 0.25) is 0 Å². The highest BCUT2D eigenvalue weighted by Crippen LogP contribution is 1.83. The van der Waals surface area contributed by atoms with Gasteiger partial charge in [-0.1, -0.05) is 10.3 Å². The van der Waals surface area contributed by atoms with Crippen LogP contribution in [-0.2, 0) is 4.84 Å². The van der Waals surface area contributed by atoms with Crippen LogP contribution in [0.25, 0.3) is 0 Å². The summed E-state index contributed by atoms with van der Waals surface area (Å²) in [5, 5.41) is 11.1. The highest BCUT2D eigenvalue weighted by Gasteiger charge is 2.18. The van der Waals surface area contributed by atoms with E-state index in [2.05, 4.69) is 21.4 Å². The molecule has 0 aromatic carbocycles. The molecule has 0 aliphatic heterocycles. The maximum absolute atomic E-state index is 10.5. The van der Waals surface area contributed by atoms with Gasteiger partial charge in [-0.2, -0.15) is 0 Å². The summed E-state index contributed by atoms with van der Waals surface area (Å²) in [6, 6.07) is 0. The Kier molecular flexibility index (Phi) is 4.45. The second kappa shape index (κ2) is 4.57. The van der Waals surface area contributed by atoms with Gasteiger partial charge in [0, 0.05) is 12.6 Å². The summed E-state index contributed by atoms with van der Waals surface area (Å²) in [5.74, 6) is 0. The van der Waals surface area contributed by atoms with E-state index in [4.69, 9.17) is 0 Å². The smallest absolute Gasteiger partial charge is 0.128 e. The third-order valence-electron chi connectivity index (χ3n) is 1.06. The Labute approximate surface area is 65.9 Å². The fraction of sp³-hybridized carbons (Fsp3) is 1.00. The molecule has 0 heterocycles. The molecule has 0 saturated heterocycles. The molecule has 0 aliphatic rings. The standard InChI is InChI=1S/C4H15N5O2/c1-5-9(3,7-11-4)6-8(2)10/h5-7H,1-4H3. The second-order valence-corrected chi connectivity index (χ2v) is 2.12. The van der Waals surface area contributed by atoms with E-state index in [0.29, 0.717) is 5.17 Å². The van der Waals surface area contributed by atoms with Gasteiger partial charge in [-0.15, -0.1) is 5.43 Å². The van der Waals surface area contributed by atoms with Gasteiger partial charge >= 0.3 is 0 Å². The fourth-order valence-corrected chi connectivity index (χ4v) is 0.580. The zero-order chi connectivity index (χ0) is 8.91. The molecular formula is C4H15N5O2. The Hall–Kier alpha value is -0.280. The molecule has 0 rings (SSSR count). The van der Waals surface area contributed by atoms with E-state index in [9.17, 15) is 5.21 Å². The van der Waals surface area contributed by atoms with Gasteiger partial charge in [-0.3, -0.25) is 10.0 Å². The molecule has 68 valence electrons. The van der Waals surface area contributed by atoms with Crippen molar-refractivity contribution < 1.29 is 9.65 Å². The topological polar surface area (TPSA) is 71.6 Å². The largest absolute Gasteiger partial charge is 0.768 e. The molecule has 0 spiro atoms. The maximum atomic E-state index is 10.5. The van der Waals surface area contributed by atoms with Gasteiger partial charge in [0.25, 0.3) is 0 Å². The molecule has 0 fully saturated rings. The quantitative estimate of drug-likeness (QED) is 0.339. The summed E-state index contributed by atoms with van der Waals surface area (Å²) >= 11 is 0. The van der Waals surface area contributed by atoms with Gasteiger partial charge in [0.1, 0.15) is 7.05 Å². The monoisotopic (exact) mass is 165 g/mol. The van der Waals surface area contributed by atoms with Gasteiger partial charge in [-0.05, 0) is 7.05 Å².